The van der Waals surface area contributed by atoms with Crippen LogP contribution in [-0.2, 0) is 13.1 Å². The summed E-state index contributed by atoms with van der Waals surface area (Å²) in [4.78, 5) is 2.37. The molecule has 1 rings (SSSR count). The number of thioether (sulfide) groups is 1. The van der Waals surface area contributed by atoms with Crippen LogP contribution >= 0.6 is 11.8 Å². The molecule has 0 aromatic carbocycles. The molecule has 0 saturated carbocycles. The quantitative estimate of drug-likeness (QED) is 0.784. The van der Waals surface area contributed by atoms with Crippen LogP contribution in [0.15, 0.2) is 10.5 Å². The Hall–Kier alpha value is -0.450. The van der Waals surface area contributed by atoms with Gasteiger partial charge in [-0.3, -0.25) is 4.90 Å². The van der Waals surface area contributed by atoms with Crippen molar-refractivity contribution >= 4 is 11.8 Å². The van der Waals surface area contributed by atoms with E-state index < -0.39 is 0 Å². The van der Waals surface area contributed by atoms with E-state index in [1.54, 1.807) is 0 Å². The molecule has 1 aromatic heterocycles. The lowest BCUT2D eigenvalue weighted by molar-refractivity contribution is 0.225. The van der Waals surface area contributed by atoms with Gasteiger partial charge in [-0.25, -0.2) is 0 Å². The van der Waals surface area contributed by atoms with Crippen molar-refractivity contribution in [2.24, 2.45) is 0 Å². The molecule has 4 heteroatoms. The highest BCUT2D eigenvalue weighted by molar-refractivity contribution is 7.98. The van der Waals surface area contributed by atoms with Gasteiger partial charge in [-0.1, -0.05) is 0 Å². The van der Waals surface area contributed by atoms with Gasteiger partial charge >= 0.3 is 0 Å². The van der Waals surface area contributed by atoms with Gasteiger partial charge < -0.3 is 9.73 Å². The zero-order chi connectivity index (χ0) is 16.0. The molecule has 0 aliphatic rings. The van der Waals surface area contributed by atoms with Crippen molar-refractivity contribution in [2.45, 2.75) is 65.7 Å². The zero-order valence-corrected chi connectivity index (χ0v) is 15.6. The molecule has 3 nitrogen and oxygen atoms in total. The largest absolute Gasteiger partial charge is 0.465 e. The Kier molecular flexibility index (Phi) is 7.31. The average molecular weight is 313 g/mol. The standard InChI is InChI=1S/C17H32N2OS/c1-13(8-9-21-7)19(6)12-16-10-15(14(2)20-16)11-18-17(3,4)5/h10,13,18H,8-9,11-12H2,1-7H3. The average Bonchev–Trinajstić information content (AvgIpc) is 2.72. The van der Waals surface area contributed by atoms with Crippen LogP contribution in [0, 0.1) is 6.92 Å². The van der Waals surface area contributed by atoms with Gasteiger partial charge in [0.1, 0.15) is 11.5 Å². The lowest BCUT2D eigenvalue weighted by Gasteiger charge is -2.23. The number of aryl methyl sites for hydroxylation is 1. The summed E-state index contributed by atoms with van der Waals surface area (Å²) in [5.41, 5.74) is 1.40. The molecule has 21 heavy (non-hydrogen) atoms. The maximum atomic E-state index is 5.92. The summed E-state index contributed by atoms with van der Waals surface area (Å²) in [5.74, 6) is 3.31. The van der Waals surface area contributed by atoms with Crippen LogP contribution in [-0.4, -0.2) is 35.5 Å². The first-order chi connectivity index (χ1) is 9.73. The highest BCUT2D eigenvalue weighted by Crippen LogP contribution is 2.18. The minimum absolute atomic E-state index is 0.132. The minimum Gasteiger partial charge on any atom is -0.465 e. The number of rotatable bonds is 8. The van der Waals surface area contributed by atoms with Crippen LogP contribution in [0.5, 0.6) is 0 Å². The molecule has 0 fully saturated rings. The van der Waals surface area contributed by atoms with Crippen molar-refractivity contribution in [3.05, 3.63) is 23.2 Å². The number of hydrogen-bond donors (Lipinski definition) is 1. The predicted molar refractivity (Wildman–Crippen MR) is 94.0 cm³/mol. The van der Waals surface area contributed by atoms with Gasteiger partial charge in [0, 0.05) is 23.7 Å². The van der Waals surface area contributed by atoms with E-state index in [1.165, 1.54) is 17.7 Å². The first-order valence-corrected chi connectivity index (χ1v) is 9.14. The smallest absolute Gasteiger partial charge is 0.118 e. The Morgan fingerprint density at radius 2 is 2.05 bits per heavy atom. The van der Waals surface area contributed by atoms with Gasteiger partial charge in [0.2, 0.25) is 0 Å². The monoisotopic (exact) mass is 312 g/mol. The van der Waals surface area contributed by atoms with E-state index >= 15 is 0 Å². The molecule has 0 aliphatic heterocycles. The van der Waals surface area contributed by atoms with Crippen molar-refractivity contribution in [2.75, 3.05) is 19.1 Å². The number of nitrogens with one attached hydrogen (secondary N) is 1. The topological polar surface area (TPSA) is 28.4 Å². The third-order valence-electron chi connectivity index (χ3n) is 3.78. The molecule has 0 radical (unpaired) electrons. The predicted octanol–water partition coefficient (Wildman–Crippen LogP) is 4.05. The summed E-state index contributed by atoms with van der Waals surface area (Å²) in [7, 11) is 2.18. The normalized spacial score (nSPS) is 13.9. The van der Waals surface area contributed by atoms with Crippen LogP contribution in [0.4, 0.5) is 0 Å². The van der Waals surface area contributed by atoms with E-state index in [4.69, 9.17) is 4.42 Å². The molecule has 122 valence electrons. The van der Waals surface area contributed by atoms with E-state index in [-0.39, 0.29) is 5.54 Å². The minimum atomic E-state index is 0.132. The number of hydrogen-bond acceptors (Lipinski definition) is 4. The van der Waals surface area contributed by atoms with Gasteiger partial charge in [-0.05, 0) is 66.2 Å². The fourth-order valence-corrected chi connectivity index (χ4v) is 2.69. The first-order valence-electron chi connectivity index (χ1n) is 7.75. The molecule has 0 aliphatic carbocycles. The third-order valence-corrected chi connectivity index (χ3v) is 4.42. The maximum absolute atomic E-state index is 5.92. The van der Waals surface area contributed by atoms with Crippen LogP contribution in [0.2, 0.25) is 0 Å². The third kappa shape index (κ3) is 6.90. The summed E-state index contributed by atoms with van der Waals surface area (Å²) in [6.07, 6.45) is 3.38. The molecule has 1 unspecified atom stereocenters. The second-order valence-electron chi connectivity index (χ2n) is 6.94. The molecule has 1 atom stereocenters. The van der Waals surface area contributed by atoms with Crippen molar-refractivity contribution in [3.8, 4) is 0 Å². The van der Waals surface area contributed by atoms with E-state index in [2.05, 4.69) is 64.2 Å². The van der Waals surface area contributed by atoms with E-state index in [0.29, 0.717) is 6.04 Å². The van der Waals surface area contributed by atoms with Gasteiger partial charge in [-0.15, -0.1) is 0 Å². The Bertz CT molecular complexity index is 423. The molecule has 0 saturated heterocycles. The lowest BCUT2D eigenvalue weighted by atomic mass is 10.1. The van der Waals surface area contributed by atoms with E-state index in [9.17, 15) is 0 Å². The Labute approximate surface area is 134 Å². The van der Waals surface area contributed by atoms with E-state index in [1.807, 2.05) is 11.8 Å². The summed E-state index contributed by atoms with van der Waals surface area (Å²) >= 11 is 1.91. The summed E-state index contributed by atoms with van der Waals surface area (Å²) < 4.78 is 5.92. The van der Waals surface area contributed by atoms with Crippen molar-refractivity contribution in [1.29, 1.82) is 0 Å². The molecule has 0 amide bonds. The van der Waals surface area contributed by atoms with Gasteiger partial charge in [0.15, 0.2) is 0 Å². The van der Waals surface area contributed by atoms with Crippen molar-refractivity contribution in [3.63, 3.8) is 0 Å². The number of nitrogens with zero attached hydrogens (tertiary/aromatic N) is 1. The van der Waals surface area contributed by atoms with Gasteiger partial charge in [-0.2, -0.15) is 11.8 Å². The molecule has 1 heterocycles. The summed E-state index contributed by atoms with van der Waals surface area (Å²) in [5, 5.41) is 3.52. The summed E-state index contributed by atoms with van der Waals surface area (Å²) in [6, 6.07) is 2.78. The molecule has 0 bridgehead atoms. The maximum Gasteiger partial charge on any atom is 0.118 e. The Morgan fingerprint density at radius 1 is 1.38 bits per heavy atom. The fraction of sp³-hybridized carbons (Fsp3) is 0.765. The second-order valence-corrected chi connectivity index (χ2v) is 7.93. The highest BCUT2D eigenvalue weighted by Gasteiger charge is 2.15. The molecule has 1 aromatic rings. The van der Waals surface area contributed by atoms with Crippen LogP contribution in [0.1, 0.15) is 51.2 Å². The zero-order valence-electron chi connectivity index (χ0n) is 14.7. The lowest BCUT2D eigenvalue weighted by Crippen LogP contribution is -2.35. The Balaban J connectivity index is 2.56. The molecule has 0 spiro atoms. The number of furan rings is 1. The van der Waals surface area contributed by atoms with Gasteiger partial charge in [0.25, 0.3) is 0 Å². The fourth-order valence-electron chi connectivity index (χ4n) is 2.11. The van der Waals surface area contributed by atoms with Crippen molar-refractivity contribution < 1.29 is 4.42 Å². The van der Waals surface area contributed by atoms with Crippen LogP contribution < -0.4 is 5.32 Å². The van der Waals surface area contributed by atoms with Crippen LogP contribution in [0.3, 0.4) is 0 Å². The van der Waals surface area contributed by atoms with Crippen LogP contribution in [0.25, 0.3) is 0 Å². The SMILES string of the molecule is CSCCC(C)N(C)Cc1cc(CNC(C)(C)C)c(C)o1. The van der Waals surface area contributed by atoms with E-state index in [0.717, 1.165) is 24.6 Å². The molecule has 1 N–H and O–H groups in total. The highest BCUT2D eigenvalue weighted by atomic mass is 32.2. The molecular formula is C17H32N2OS. The second kappa shape index (κ2) is 8.25. The Morgan fingerprint density at radius 3 is 2.62 bits per heavy atom. The first kappa shape index (κ1) is 18.6. The summed E-state index contributed by atoms with van der Waals surface area (Å²) in [6.45, 7) is 12.6. The van der Waals surface area contributed by atoms with Gasteiger partial charge in [0.05, 0.1) is 6.54 Å². The molecular weight excluding hydrogens is 280 g/mol. The van der Waals surface area contributed by atoms with Crippen molar-refractivity contribution in [1.82, 2.24) is 10.2 Å².